The van der Waals surface area contributed by atoms with Gasteiger partial charge in [-0.1, -0.05) is 30.3 Å². The maximum atomic E-state index is 12.2. The summed E-state index contributed by atoms with van der Waals surface area (Å²) in [6, 6.07) is 14.1. The second-order valence-corrected chi connectivity index (χ2v) is 10.6. The quantitative estimate of drug-likeness (QED) is 0.341. The Labute approximate surface area is 195 Å². The molecule has 1 aromatic heterocycles. The molecule has 160 valence electrons. The number of halogens is 1. The van der Waals surface area contributed by atoms with Crippen LogP contribution < -0.4 is 5.32 Å². The minimum Gasteiger partial charge on any atom is -0.357 e. The van der Waals surface area contributed by atoms with E-state index in [9.17, 15) is 8.42 Å². The number of thiophene rings is 1. The van der Waals surface area contributed by atoms with Crippen molar-refractivity contribution in [2.75, 3.05) is 33.7 Å². The van der Waals surface area contributed by atoms with Gasteiger partial charge in [0.15, 0.2) is 5.96 Å². The molecule has 1 aromatic carbocycles. The van der Waals surface area contributed by atoms with E-state index in [4.69, 9.17) is 4.99 Å². The van der Waals surface area contributed by atoms with Gasteiger partial charge >= 0.3 is 0 Å². The Balaban J connectivity index is 0.00000300. The molecule has 2 heterocycles. The minimum atomic E-state index is -3.38. The van der Waals surface area contributed by atoms with Crippen LogP contribution in [0.5, 0.6) is 0 Å². The van der Waals surface area contributed by atoms with Crippen LogP contribution in [0.3, 0.4) is 0 Å². The molecule has 6 nitrogen and oxygen atoms in total. The number of nitrogens with zero attached hydrogens (tertiary/aromatic N) is 3. The molecule has 1 saturated heterocycles. The second kappa shape index (κ2) is 10.7. The van der Waals surface area contributed by atoms with Crippen LogP contribution in [0.4, 0.5) is 0 Å². The summed E-state index contributed by atoms with van der Waals surface area (Å²) in [4.78, 5) is 8.00. The minimum absolute atomic E-state index is 0. The highest BCUT2D eigenvalue weighted by Gasteiger charge is 2.26. The number of hydrogen-bond donors (Lipinski definition) is 1. The van der Waals surface area contributed by atoms with Crippen molar-refractivity contribution in [3.63, 3.8) is 0 Å². The molecule has 0 bridgehead atoms. The standard InChI is InChI=1S/C20H28N4O2S2.HI/c1-4-21-20(24-13-12-17(15-24)16-8-6-5-7-9-16)22-14-18-10-11-19(27-18)28(25,26)23(2)3;/h5-11,17H,4,12-15H2,1-3H3,(H,21,22);1H. The molecule has 2 aromatic rings. The summed E-state index contributed by atoms with van der Waals surface area (Å²) in [7, 11) is -0.284. The van der Waals surface area contributed by atoms with Crippen LogP contribution in [-0.2, 0) is 16.6 Å². The van der Waals surface area contributed by atoms with E-state index >= 15 is 0 Å². The van der Waals surface area contributed by atoms with E-state index in [1.165, 1.54) is 21.2 Å². The number of hydrogen-bond acceptors (Lipinski definition) is 4. The molecule has 0 aliphatic carbocycles. The van der Waals surface area contributed by atoms with Gasteiger partial charge in [-0.15, -0.1) is 35.3 Å². The van der Waals surface area contributed by atoms with Crippen LogP contribution in [0.1, 0.15) is 29.7 Å². The molecule has 0 amide bonds. The average molecular weight is 549 g/mol. The van der Waals surface area contributed by atoms with Crippen molar-refractivity contribution in [1.29, 1.82) is 0 Å². The van der Waals surface area contributed by atoms with Gasteiger partial charge in [0.1, 0.15) is 4.21 Å². The number of rotatable bonds is 6. The summed E-state index contributed by atoms with van der Waals surface area (Å²) in [5.74, 6) is 1.41. The molecule has 1 atom stereocenters. The first-order valence-corrected chi connectivity index (χ1v) is 11.8. The lowest BCUT2D eigenvalue weighted by molar-refractivity contribution is 0.486. The molecule has 29 heavy (non-hydrogen) atoms. The van der Waals surface area contributed by atoms with Crippen LogP contribution in [0.25, 0.3) is 0 Å². The molecule has 1 aliphatic heterocycles. The number of sulfonamides is 1. The van der Waals surface area contributed by atoms with E-state index in [2.05, 4.69) is 41.4 Å². The van der Waals surface area contributed by atoms with Gasteiger partial charge in [-0.25, -0.2) is 17.7 Å². The van der Waals surface area contributed by atoms with Gasteiger partial charge in [0.2, 0.25) is 0 Å². The van der Waals surface area contributed by atoms with Crippen molar-refractivity contribution in [3.05, 3.63) is 52.9 Å². The smallest absolute Gasteiger partial charge is 0.252 e. The summed E-state index contributed by atoms with van der Waals surface area (Å²) in [6.45, 7) is 5.25. The van der Waals surface area contributed by atoms with Crippen molar-refractivity contribution in [2.24, 2.45) is 4.99 Å². The second-order valence-electron chi connectivity index (χ2n) is 7.02. The zero-order chi connectivity index (χ0) is 20.1. The van der Waals surface area contributed by atoms with E-state index in [-0.39, 0.29) is 24.0 Å². The van der Waals surface area contributed by atoms with Gasteiger partial charge in [-0.05, 0) is 31.0 Å². The lowest BCUT2D eigenvalue weighted by atomic mass is 9.99. The number of nitrogens with one attached hydrogen (secondary N) is 1. The van der Waals surface area contributed by atoms with Crippen molar-refractivity contribution < 1.29 is 8.42 Å². The third-order valence-electron chi connectivity index (χ3n) is 4.85. The predicted molar refractivity (Wildman–Crippen MR) is 131 cm³/mol. The molecule has 3 rings (SSSR count). The molecule has 1 aliphatic rings. The van der Waals surface area contributed by atoms with Gasteiger partial charge in [0.25, 0.3) is 10.0 Å². The molecule has 1 N–H and O–H groups in total. The highest BCUT2D eigenvalue weighted by Crippen LogP contribution is 2.27. The Bertz CT molecular complexity index is 914. The number of benzene rings is 1. The van der Waals surface area contributed by atoms with Crippen molar-refractivity contribution in [3.8, 4) is 0 Å². The Morgan fingerprint density at radius 1 is 1.24 bits per heavy atom. The van der Waals surface area contributed by atoms with Gasteiger partial charge in [0, 0.05) is 44.5 Å². The molecule has 1 unspecified atom stereocenters. The third-order valence-corrected chi connectivity index (χ3v) is 8.20. The number of aliphatic imine (C=N–C) groups is 1. The third kappa shape index (κ3) is 5.93. The van der Waals surface area contributed by atoms with Crippen molar-refractivity contribution in [1.82, 2.24) is 14.5 Å². The normalized spacial score (nSPS) is 17.4. The van der Waals surface area contributed by atoms with Gasteiger partial charge in [-0.2, -0.15) is 0 Å². The van der Waals surface area contributed by atoms with E-state index in [0.717, 1.165) is 36.9 Å². The molecule has 0 radical (unpaired) electrons. The van der Waals surface area contributed by atoms with E-state index in [1.54, 1.807) is 20.2 Å². The summed E-state index contributed by atoms with van der Waals surface area (Å²) >= 11 is 1.29. The molecule has 1 fully saturated rings. The SMILES string of the molecule is CCNC(=NCc1ccc(S(=O)(=O)N(C)C)s1)N1CCC(c2ccccc2)C1.I. The van der Waals surface area contributed by atoms with Crippen LogP contribution in [0.15, 0.2) is 51.7 Å². The van der Waals surface area contributed by atoms with Crippen molar-refractivity contribution >= 4 is 51.3 Å². The first-order chi connectivity index (χ1) is 13.4. The fourth-order valence-electron chi connectivity index (χ4n) is 3.29. The lowest BCUT2D eigenvalue weighted by Gasteiger charge is -2.21. The summed E-state index contributed by atoms with van der Waals surface area (Å²) in [5.41, 5.74) is 1.37. The average Bonchev–Trinajstić information content (AvgIpc) is 3.36. The van der Waals surface area contributed by atoms with Gasteiger partial charge in [-0.3, -0.25) is 0 Å². The predicted octanol–water partition coefficient (Wildman–Crippen LogP) is 3.57. The highest BCUT2D eigenvalue weighted by atomic mass is 127. The van der Waals surface area contributed by atoms with E-state index in [0.29, 0.717) is 16.7 Å². The molecule has 0 saturated carbocycles. The Morgan fingerprint density at radius 3 is 2.62 bits per heavy atom. The number of guanidine groups is 1. The molecule has 0 spiro atoms. The largest absolute Gasteiger partial charge is 0.357 e. The summed E-state index contributed by atoms with van der Waals surface area (Å²) < 4.78 is 26.1. The first-order valence-electron chi connectivity index (χ1n) is 9.51. The van der Waals surface area contributed by atoms with Crippen molar-refractivity contribution in [2.45, 2.75) is 30.0 Å². The van der Waals surface area contributed by atoms with Gasteiger partial charge < -0.3 is 10.2 Å². The topological polar surface area (TPSA) is 65.0 Å². The number of likely N-dealkylation sites (tertiary alicyclic amines) is 1. The monoisotopic (exact) mass is 548 g/mol. The maximum Gasteiger partial charge on any atom is 0.252 e. The summed E-state index contributed by atoms with van der Waals surface area (Å²) in [6.07, 6.45) is 1.11. The van der Waals surface area contributed by atoms with Gasteiger partial charge in [0.05, 0.1) is 6.54 Å². The molecular formula is C20H29IN4O2S2. The van der Waals surface area contributed by atoms with Crippen LogP contribution in [0.2, 0.25) is 0 Å². The zero-order valence-corrected chi connectivity index (χ0v) is 21.0. The van der Waals surface area contributed by atoms with Crippen LogP contribution in [0, 0.1) is 0 Å². The molecular weight excluding hydrogens is 519 g/mol. The fraction of sp³-hybridized carbons (Fsp3) is 0.450. The van der Waals surface area contributed by atoms with E-state index < -0.39 is 10.0 Å². The van der Waals surface area contributed by atoms with Crippen LogP contribution >= 0.6 is 35.3 Å². The maximum absolute atomic E-state index is 12.2. The Morgan fingerprint density at radius 2 is 1.97 bits per heavy atom. The Kier molecular flexibility index (Phi) is 8.92. The lowest BCUT2D eigenvalue weighted by Crippen LogP contribution is -2.39. The van der Waals surface area contributed by atoms with E-state index in [1.807, 2.05) is 12.1 Å². The zero-order valence-electron chi connectivity index (χ0n) is 17.0. The first kappa shape index (κ1) is 24.1. The highest BCUT2D eigenvalue weighted by molar-refractivity contribution is 14.0. The van der Waals surface area contributed by atoms with Crippen LogP contribution in [-0.4, -0.2) is 57.3 Å². The molecule has 9 heteroatoms. The fourth-order valence-corrected chi connectivity index (χ4v) is 5.74. The Hall–Kier alpha value is -1.17. The summed E-state index contributed by atoms with van der Waals surface area (Å²) in [5, 5.41) is 3.38.